The molecule has 1 unspecified atom stereocenters. The minimum atomic E-state index is -0.819. The second-order valence-corrected chi connectivity index (χ2v) is 4.53. The molecule has 6 heteroatoms. The topological polar surface area (TPSA) is 89.9 Å². The highest BCUT2D eigenvalue weighted by molar-refractivity contribution is 5.73. The molecule has 0 bridgehead atoms. The summed E-state index contributed by atoms with van der Waals surface area (Å²) in [7, 11) is 1.65. The maximum atomic E-state index is 10.9. The molecule has 1 aliphatic rings. The van der Waals surface area contributed by atoms with Crippen molar-refractivity contribution in [3.8, 4) is 0 Å². The Morgan fingerprint density at radius 3 is 2.35 bits per heavy atom. The van der Waals surface area contributed by atoms with Crippen molar-refractivity contribution in [2.24, 2.45) is 5.92 Å². The summed E-state index contributed by atoms with van der Waals surface area (Å²) in [4.78, 5) is 23.3. The van der Waals surface area contributed by atoms with Crippen LogP contribution in [0.4, 0.5) is 0 Å². The first-order chi connectivity index (χ1) is 8.02. The van der Waals surface area contributed by atoms with Crippen molar-refractivity contribution < 1.29 is 19.8 Å². The minimum absolute atomic E-state index is 0.0844. The summed E-state index contributed by atoms with van der Waals surface area (Å²) in [5.41, 5.74) is 0. The summed E-state index contributed by atoms with van der Waals surface area (Å²) in [6.07, 6.45) is 2.37. The Morgan fingerprint density at radius 2 is 1.94 bits per heavy atom. The lowest BCUT2D eigenvalue weighted by molar-refractivity contribution is -0.140. The molecule has 0 aromatic rings. The fourth-order valence-corrected chi connectivity index (χ4v) is 2.25. The van der Waals surface area contributed by atoms with Crippen LogP contribution >= 0.6 is 0 Å². The van der Waals surface area contributed by atoms with Crippen molar-refractivity contribution >= 4 is 11.9 Å². The normalized spacial score (nSPS) is 20.1. The lowest BCUT2D eigenvalue weighted by Gasteiger charge is -2.31. The highest BCUT2D eigenvalue weighted by atomic mass is 16.4. The number of carbonyl (C=O) groups is 2. The third-order valence-corrected chi connectivity index (χ3v) is 3.28. The molecule has 0 aromatic carbocycles. The molecule has 0 spiro atoms. The molecule has 1 aliphatic heterocycles. The average Bonchev–Trinajstić information content (AvgIpc) is 2.26. The number of piperidine rings is 1. The van der Waals surface area contributed by atoms with Gasteiger partial charge in [-0.25, -0.2) is 0 Å². The van der Waals surface area contributed by atoms with E-state index >= 15 is 0 Å². The summed E-state index contributed by atoms with van der Waals surface area (Å²) < 4.78 is 0. The lowest BCUT2D eigenvalue weighted by Crippen LogP contribution is -2.41. The standard InChI is InChI=1S/C11H20N2O4/c1-12-9(11(16)17)6-8-2-4-13(5-3-8)7-10(14)15/h8-9,12H,2-7H2,1H3,(H,14,15)(H,16,17). The Labute approximate surface area is 101 Å². The predicted octanol–water partition coefficient (Wildman–Crippen LogP) is -0.154. The van der Waals surface area contributed by atoms with E-state index in [1.807, 2.05) is 4.90 Å². The fraction of sp³-hybridized carbons (Fsp3) is 0.818. The molecule has 17 heavy (non-hydrogen) atoms. The summed E-state index contributed by atoms with van der Waals surface area (Å²) in [5, 5.41) is 20.4. The maximum absolute atomic E-state index is 10.9. The van der Waals surface area contributed by atoms with Gasteiger partial charge in [0.15, 0.2) is 0 Å². The Bertz CT molecular complexity index is 275. The molecule has 0 amide bonds. The molecule has 0 aromatic heterocycles. The largest absolute Gasteiger partial charge is 0.480 e. The van der Waals surface area contributed by atoms with Crippen molar-refractivity contribution in [3.05, 3.63) is 0 Å². The van der Waals surface area contributed by atoms with E-state index in [0.29, 0.717) is 12.3 Å². The lowest BCUT2D eigenvalue weighted by atomic mass is 9.90. The molecule has 0 aliphatic carbocycles. The molecule has 1 heterocycles. The summed E-state index contributed by atoms with van der Waals surface area (Å²) in [6, 6.07) is -0.494. The minimum Gasteiger partial charge on any atom is -0.480 e. The number of carboxylic acids is 2. The van der Waals surface area contributed by atoms with Crippen molar-refractivity contribution in [1.82, 2.24) is 10.2 Å². The van der Waals surface area contributed by atoms with E-state index < -0.39 is 18.0 Å². The van der Waals surface area contributed by atoms with E-state index in [0.717, 1.165) is 25.9 Å². The van der Waals surface area contributed by atoms with E-state index in [9.17, 15) is 9.59 Å². The molecule has 1 atom stereocenters. The Morgan fingerprint density at radius 1 is 1.35 bits per heavy atom. The van der Waals surface area contributed by atoms with Crippen LogP contribution in [0.5, 0.6) is 0 Å². The van der Waals surface area contributed by atoms with Crippen LogP contribution in [0.2, 0.25) is 0 Å². The van der Waals surface area contributed by atoms with Crippen molar-refractivity contribution in [2.75, 3.05) is 26.7 Å². The quantitative estimate of drug-likeness (QED) is 0.602. The number of likely N-dealkylation sites (tertiary alicyclic amines) is 1. The van der Waals surface area contributed by atoms with Crippen LogP contribution in [-0.4, -0.2) is 59.8 Å². The molecular weight excluding hydrogens is 224 g/mol. The van der Waals surface area contributed by atoms with Gasteiger partial charge in [-0.05, 0) is 45.3 Å². The third-order valence-electron chi connectivity index (χ3n) is 3.28. The average molecular weight is 244 g/mol. The van der Waals surface area contributed by atoms with E-state index in [1.54, 1.807) is 7.05 Å². The smallest absolute Gasteiger partial charge is 0.320 e. The van der Waals surface area contributed by atoms with Gasteiger partial charge in [-0.15, -0.1) is 0 Å². The number of hydrogen-bond donors (Lipinski definition) is 3. The zero-order valence-corrected chi connectivity index (χ0v) is 10.1. The van der Waals surface area contributed by atoms with Gasteiger partial charge in [-0.2, -0.15) is 0 Å². The van der Waals surface area contributed by atoms with Gasteiger partial charge in [0, 0.05) is 0 Å². The van der Waals surface area contributed by atoms with Crippen LogP contribution in [0.1, 0.15) is 19.3 Å². The van der Waals surface area contributed by atoms with Gasteiger partial charge in [0.1, 0.15) is 6.04 Å². The molecule has 1 saturated heterocycles. The van der Waals surface area contributed by atoms with Gasteiger partial charge in [0.2, 0.25) is 0 Å². The van der Waals surface area contributed by atoms with Crippen LogP contribution in [0, 0.1) is 5.92 Å². The Kier molecular flexibility index (Phi) is 5.37. The van der Waals surface area contributed by atoms with E-state index in [2.05, 4.69) is 5.32 Å². The molecular formula is C11H20N2O4. The third kappa shape index (κ3) is 4.70. The molecule has 1 fully saturated rings. The van der Waals surface area contributed by atoms with Crippen LogP contribution in [0.25, 0.3) is 0 Å². The van der Waals surface area contributed by atoms with Gasteiger partial charge in [0.05, 0.1) is 6.54 Å². The molecule has 0 radical (unpaired) electrons. The first-order valence-corrected chi connectivity index (χ1v) is 5.87. The van der Waals surface area contributed by atoms with E-state index in [-0.39, 0.29) is 6.54 Å². The van der Waals surface area contributed by atoms with Gasteiger partial charge in [-0.3, -0.25) is 14.5 Å². The number of aliphatic carboxylic acids is 2. The van der Waals surface area contributed by atoms with Crippen molar-refractivity contribution in [2.45, 2.75) is 25.3 Å². The van der Waals surface area contributed by atoms with E-state index in [4.69, 9.17) is 10.2 Å². The highest BCUT2D eigenvalue weighted by Gasteiger charge is 2.25. The first kappa shape index (κ1) is 13.9. The second-order valence-electron chi connectivity index (χ2n) is 4.53. The van der Waals surface area contributed by atoms with Crippen molar-refractivity contribution in [1.29, 1.82) is 0 Å². The predicted molar refractivity (Wildman–Crippen MR) is 61.9 cm³/mol. The van der Waals surface area contributed by atoms with Crippen LogP contribution in [0.15, 0.2) is 0 Å². The Balaban J connectivity index is 2.31. The van der Waals surface area contributed by atoms with Gasteiger partial charge in [-0.1, -0.05) is 0 Å². The van der Waals surface area contributed by atoms with Crippen LogP contribution in [0.3, 0.4) is 0 Å². The van der Waals surface area contributed by atoms with Crippen molar-refractivity contribution in [3.63, 3.8) is 0 Å². The van der Waals surface area contributed by atoms with Crippen LogP contribution in [-0.2, 0) is 9.59 Å². The number of hydrogen-bond acceptors (Lipinski definition) is 4. The van der Waals surface area contributed by atoms with Gasteiger partial charge < -0.3 is 15.5 Å². The molecule has 98 valence electrons. The number of likely N-dealkylation sites (N-methyl/N-ethyl adjacent to an activating group) is 1. The molecule has 1 rings (SSSR count). The van der Waals surface area contributed by atoms with Gasteiger partial charge >= 0.3 is 11.9 Å². The molecule has 3 N–H and O–H groups in total. The summed E-state index contributed by atoms with van der Waals surface area (Å²) in [5.74, 6) is -1.25. The number of nitrogens with zero attached hydrogens (tertiary/aromatic N) is 1. The van der Waals surface area contributed by atoms with Gasteiger partial charge in [0.25, 0.3) is 0 Å². The number of nitrogens with one attached hydrogen (secondary N) is 1. The summed E-state index contributed by atoms with van der Waals surface area (Å²) >= 11 is 0. The van der Waals surface area contributed by atoms with Crippen LogP contribution < -0.4 is 5.32 Å². The monoisotopic (exact) mass is 244 g/mol. The zero-order chi connectivity index (χ0) is 12.8. The first-order valence-electron chi connectivity index (χ1n) is 5.87. The number of carboxylic acid groups (broad SMARTS) is 2. The highest BCUT2D eigenvalue weighted by Crippen LogP contribution is 2.21. The summed E-state index contributed by atoms with van der Waals surface area (Å²) in [6.45, 7) is 1.57. The fourth-order valence-electron chi connectivity index (χ4n) is 2.25. The zero-order valence-electron chi connectivity index (χ0n) is 10.1. The SMILES string of the molecule is CNC(CC1CCN(CC(=O)O)CC1)C(=O)O. The number of rotatable bonds is 6. The second kappa shape index (κ2) is 6.56. The molecule has 6 nitrogen and oxygen atoms in total. The van der Waals surface area contributed by atoms with E-state index in [1.165, 1.54) is 0 Å². The molecule has 0 saturated carbocycles. The Hall–Kier alpha value is -1.14. The maximum Gasteiger partial charge on any atom is 0.320 e.